The first kappa shape index (κ1) is 20.3. The zero-order chi connectivity index (χ0) is 20.1. The molecule has 1 atom stereocenters. The van der Waals surface area contributed by atoms with Crippen LogP contribution in [0.3, 0.4) is 0 Å². The summed E-state index contributed by atoms with van der Waals surface area (Å²) in [6.07, 6.45) is 0.734. The second kappa shape index (κ2) is 9.14. The molecule has 3 rings (SSSR count). The van der Waals surface area contributed by atoms with Crippen molar-refractivity contribution in [1.29, 1.82) is 0 Å². The fraction of sp³-hybridized carbons (Fsp3) is 0.158. The lowest BCUT2D eigenvalue weighted by Gasteiger charge is -2.15. The van der Waals surface area contributed by atoms with Gasteiger partial charge in [-0.3, -0.25) is 10.1 Å². The zero-order valence-corrected chi connectivity index (χ0v) is 17.0. The first-order valence-corrected chi connectivity index (χ1v) is 9.95. The summed E-state index contributed by atoms with van der Waals surface area (Å²) >= 11 is 13.2. The maximum atomic E-state index is 12.5. The van der Waals surface area contributed by atoms with E-state index >= 15 is 0 Å². The number of carbonyl (C=O) groups excluding carboxylic acids is 2. The Hall–Kier alpha value is -2.48. The molecule has 0 bridgehead atoms. The van der Waals surface area contributed by atoms with E-state index in [2.05, 4.69) is 15.3 Å². The van der Waals surface area contributed by atoms with Crippen LogP contribution in [0.2, 0.25) is 10.2 Å². The lowest BCUT2D eigenvalue weighted by Crippen LogP contribution is -2.32. The Balaban J connectivity index is 1.67. The standard InChI is InChI=1S/C19H15Cl2N3O3S/c1-2-15(27-18(26)11-7-8-22-16(21)9-11)17(25)24-19-23-14(10-28-19)12-5-3-4-6-13(12)20/h3-10,15H,2H2,1H3,(H,23,24,25). The third-order valence-electron chi connectivity index (χ3n) is 3.76. The highest BCUT2D eigenvalue weighted by Crippen LogP contribution is 2.30. The van der Waals surface area contributed by atoms with Gasteiger partial charge in [-0.05, 0) is 24.6 Å². The number of ether oxygens (including phenoxy) is 1. The molecule has 0 saturated carbocycles. The fourth-order valence-corrected chi connectivity index (χ4v) is 3.48. The molecule has 0 aliphatic carbocycles. The number of hydrogen-bond donors (Lipinski definition) is 1. The Morgan fingerprint density at radius 2 is 2.04 bits per heavy atom. The number of amides is 1. The number of anilines is 1. The van der Waals surface area contributed by atoms with Crippen LogP contribution in [-0.2, 0) is 9.53 Å². The maximum absolute atomic E-state index is 12.5. The highest BCUT2D eigenvalue weighted by molar-refractivity contribution is 7.14. The van der Waals surface area contributed by atoms with Crippen LogP contribution in [0.1, 0.15) is 23.7 Å². The smallest absolute Gasteiger partial charge is 0.339 e. The quantitative estimate of drug-likeness (QED) is 0.430. The second-order valence-electron chi connectivity index (χ2n) is 5.68. The van der Waals surface area contributed by atoms with E-state index in [4.69, 9.17) is 27.9 Å². The maximum Gasteiger partial charge on any atom is 0.339 e. The van der Waals surface area contributed by atoms with Crippen LogP contribution < -0.4 is 5.32 Å². The summed E-state index contributed by atoms with van der Waals surface area (Å²) in [6, 6.07) is 10.2. The number of carbonyl (C=O) groups is 2. The van der Waals surface area contributed by atoms with Crippen LogP contribution in [-0.4, -0.2) is 27.9 Å². The van der Waals surface area contributed by atoms with Crippen LogP contribution in [0.4, 0.5) is 5.13 Å². The van der Waals surface area contributed by atoms with Gasteiger partial charge in [-0.1, -0.05) is 48.3 Å². The second-order valence-corrected chi connectivity index (χ2v) is 7.33. The van der Waals surface area contributed by atoms with Crippen LogP contribution in [0, 0.1) is 0 Å². The van der Waals surface area contributed by atoms with Gasteiger partial charge in [-0.15, -0.1) is 11.3 Å². The minimum Gasteiger partial charge on any atom is -0.449 e. The number of nitrogens with zero attached hydrogens (tertiary/aromatic N) is 2. The molecule has 1 unspecified atom stereocenters. The molecule has 144 valence electrons. The van der Waals surface area contributed by atoms with Gasteiger partial charge >= 0.3 is 5.97 Å². The van der Waals surface area contributed by atoms with Crippen molar-refractivity contribution in [3.63, 3.8) is 0 Å². The molecule has 1 aromatic carbocycles. The van der Waals surface area contributed by atoms with Gasteiger partial charge in [0, 0.05) is 22.2 Å². The molecule has 2 heterocycles. The molecule has 2 aromatic heterocycles. The van der Waals surface area contributed by atoms with Crippen molar-refractivity contribution in [2.45, 2.75) is 19.4 Å². The first-order chi connectivity index (χ1) is 13.5. The van der Waals surface area contributed by atoms with E-state index in [9.17, 15) is 9.59 Å². The fourth-order valence-electron chi connectivity index (χ4n) is 2.36. The van der Waals surface area contributed by atoms with Gasteiger partial charge in [-0.2, -0.15) is 0 Å². The van der Waals surface area contributed by atoms with Crippen molar-refractivity contribution >= 4 is 51.5 Å². The van der Waals surface area contributed by atoms with E-state index in [0.717, 1.165) is 5.56 Å². The predicted octanol–water partition coefficient (Wildman–Crippen LogP) is 5.09. The largest absolute Gasteiger partial charge is 0.449 e. The van der Waals surface area contributed by atoms with Crippen molar-refractivity contribution in [3.05, 3.63) is 63.7 Å². The number of esters is 1. The summed E-state index contributed by atoms with van der Waals surface area (Å²) in [5.41, 5.74) is 1.65. The van der Waals surface area contributed by atoms with Crippen LogP contribution in [0.15, 0.2) is 48.0 Å². The molecule has 3 aromatic rings. The molecule has 0 spiro atoms. The normalized spacial score (nSPS) is 11.7. The minimum absolute atomic E-state index is 0.168. The Bertz CT molecular complexity index is 1010. The summed E-state index contributed by atoms with van der Waals surface area (Å²) in [7, 11) is 0. The summed E-state index contributed by atoms with van der Waals surface area (Å²) < 4.78 is 5.30. The van der Waals surface area contributed by atoms with Crippen molar-refractivity contribution in [2.75, 3.05) is 5.32 Å². The summed E-state index contributed by atoms with van der Waals surface area (Å²) in [6.45, 7) is 1.74. The monoisotopic (exact) mass is 435 g/mol. The van der Waals surface area contributed by atoms with Crippen LogP contribution in [0.5, 0.6) is 0 Å². The SMILES string of the molecule is CCC(OC(=O)c1ccnc(Cl)c1)C(=O)Nc1nc(-c2ccccc2Cl)cs1. The number of halogens is 2. The summed E-state index contributed by atoms with van der Waals surface area (Å²) in [5.74, 6) is -1.11. The van der Waals surface area contributed by atoms with Crippen molar-refractivity contribution < 1.29 is 14.3 Å². The van der Waals surface area contributed by atoms with E-state index < -0.39 is 18.0 Å². The number of aromatic nitrogens is 2. The molecule has 0 saturated heterocycles. The average Bonchev–Trinajstić information content (AvgIpc) is 3.14. The lowest BCUT2D eigenvalue weighted by molar-refractivity contribution is -0.124. The molecule has 1 amide bonds. The van der Waals surface area contributed by atoms with E-state index in [0.29, 0.717) is 22.3 Å². The third-order valence-corrected chi connectivity index (χ3v) is 5.05. The Labute approximate surface area is 175 Å². The van der Waals surface area contributed by atoms with E-state index in [1.54, 1.807) is 18.4 Å². The molecule has 0 fully saturated rings. The molecule has 1 N–H and O–H groups in total. The molecule has 28 heavy (non-hydrogen) atoms. The van der Waals surface area contributed by atoms with Gasteiger partial charge < -0.3 is 4.74 Å². The summed E-state index contributed by atoms with van der Waals surface area (Å²) in [4.78, 5) is 32.9. The predicted molar refractivity (Wildman–Crippen MR) is 110 cm³/mol. The number of hydrogen-bond acceptors (Lipinski definition) is 6. The lowest BCUT2D eigenvalue weighted by atomic mass is 10.2. The highest BCUT2D eigenvalue weighted by Gasteiger charge is 2.23. The molecule has 0 radical (unpaired) electrons. The first-order valence-electron chi connectivity index (χ1n) is 8.31. The molecule has 6 nitrogen and oxygen atoms in total. The Morgan fingerprint density at radius 1 is 1.25 bits per heavy atom. The number of thiazole rings is 1. The topological polar surface area (TPSA) is 81.2 Å². The number of nitrogens with one attached hydrogen (secondary N) is 1. The Kier molecular flexibility index (Phi) is 6.61. The van der Waals surface area contributed by atoms with Gasteiger partial charge in [0.15, 0.2) is 11.2 Å². The Morgan fingerprint density at radius 3 is 2.75 bits per heavy atom. The van der Waals surface area contributed by atoms with Gasteiger partial charge in [0.05, 0.1) is 11.3 Å². The van der Waals surface area contributed by atoms with Gasteiger partial charge in [-0.25, -0.2) is 14.8 Å². The van der Waals surface area contributed by atoms with Crippen LogP contribution in [0.25, 0.3) is 11.3 Å². The molecular weight excluding hydrogens is 421 g/mol. The van der Waals surface area contributed by atoms with E-state index in [1.165, 1.54) is 29.7 Å². The average molecular weight is 436 g/mol. The zero-order valence-electron chi connectivity index (χ0n) is 14.7. The van der Waals surface area contributed by atoms with Crippen molar-refractivity contribution in [1.82, 2.24) is 9.97 Å². The molecule has 0 aliphatic heterocycles. The van der Waals surface area contributed by atoms with Crippen molar-refractivity contribution in [2.24, 2.45) is 0 Å². The number of benzene rings is 1. The minimum atomic E-state index is -0.966. The number of pyridine rings is 1. The van der Waals surface area contributed by atoms with Crippen LogP contribution >= 0.6 is 34.5 Å². The van der Waals surface area contributed by atoms with Gasteiger partial charge in [0.2, 0.25) is 0 Å². The van der Waals surface area contributed by atoms with Crippen molar-refractivity contribution in [3.8, 4) is 11.3 Å². The summed E-state index contributed by atoms with van der Waals surface area (Å²) in [5, 5.41) is 5.60. The molecule has 9 heteroatoms. The van der Waals surface area contributed by atoms with Gasteiger partial charge in [0.25, 0.3) is 5.91 Å². The molecular formula is C19H15Cl2N3O3S. The number of rotatable bonds is 6. The highest BCUT2D eigenvalue weighted by atomic mass is 35.5. The third kappa shape index (κ3) is 4.86. The molecule has 0 aliphatic rings. The van der Waals surface area contributed by atoms with Gasteiger partial charge in [0.1, 0.15) is 5.15 Å². The van der Waals surface area contributed by atoms with E-state index in [-0.39, 0.29) is 10.7 Å². The van der Waals surface area contributed by atoms with E-state index in [1.807, 2.05) is 18.2 Å².